The summed E-state index contributed by atoms with van der Waals surface area (Å²) in [6.45, 7) is 5.78. The maximum Gasteiger partial charge on any atom is 0.407 e. The monoisotopic (exact) mass is 546 g/mol. The lowest BCUT2D eigenvalue weighted by Gasteiger charge is -2.22. The first-order chi connectivity index (χ1) is 17.6. The maximum atomic E-state index is 12.6. The predicted octanol–water partition coefficient (Wildman–Crippen LogP) is 5.66. The lowest BCUT2D eigenvalue weighted by molar-refractivity contribution is -0.139. The van der Waals surface area contributed by atoms with Crippen LogP contribution in [0.3, 0.4) is 0 Å². The molecule has 37 heavy (non-hydrogen) atoms. The molecule has 8 nitrogen and oxygen atoms in total. The van der Waals surface area contributed by atoms with Gasteiger partial charge in [0.15, 0.2) is 0 Å². The number of carboxylic acids is 1. The Hall–Kier alpha value is -2.85. The standard InChI is InChI=1S/C27H34N2O6S2/c1-27(2,3)35-25(32)28-15-17(37-36-4)13-14-23(24(30)31)29-26(33)34-16-22-20-11-7-5-9-18(20)19-10-6-8-12-21(19)22/h5-12,17,22-23H,13-16H2,1-4H3,(H,28,32)(H,29,33)(H,30,31). The van der Waals surface area contributed by atoms with Gasteiger partial charge in [0, 0.05) is 17.7 Å². The van der Waals surface area contributed by atoms with Crippen molar-refractivity contribution >= 4 is 39.7 Å². The van der Waals surface area contributed by atoms with E-state index in [0.717, 1.165) is 22.3 Å². The van der Waals surface area contributed by atoms with Gasteiger partial charge in [-0.3, -0.25) is 0 Å². The van der Waals surface area contributed by atoms with Crippen LogP contribution in [0.4, 0.5) is 9.59 Å². The molecule has 3 rings (SSSR count). The van der Waals surface area contributed by atoms with Crippen LogP contribution < -0.4 is 10.6 Å². The highest BCUT2D eigenvalue weighted by Crippen LogP contribution is 2.44. The first kappa shape index (κ1) is 28.7. The number of carbonyl (C=O) groups is 3. The zero-order chi connectivity index (χ0) is 27.0. The van der Waals surface area contributed by atoms with Crippen LogP contribution in [0, 0.1) is 0 Å². The number of carboxylic acid groups (broad SMARTS) is 1. The number of carbonyl (C=O) groups excluding carboxylic acids is 2. The zero-order valence-corrected chi connectivity index (χ0v) is 23.1. The van der Waals surface area contributed by atoms with E-state index in [1.807, 2.05) is 42.7 Å². The van der Waals surface area contributed by atoms with Crippen LogP contribution in [0.15, 0.2) is 48.5 Å². The Labute approximate surface area is 225 Å². The molecule has 2 amide bonds. The average Bonchev–Trinajstić information content (AvgIpc) is 3.16. The molecule has 0 heterocycles. The van der Waals surface area contributed by atoms with E-state index in [2.05, 4.69) is 22.8 Å². The molecule has 3 N–H and O–H groups in total. The van der Waals surface area contributed by atoms with Crippen molar-refractivity contribution in [2.75, 3.05) is 19.4 Å². The van der Waals surface area contributed by atoms with Gasteiger partial charge in [0.05, 0.1) is 0 Å². The van der Waals surface area contributed by atoms with Crippen molar-refractivity contribution in [2.24, 2.45) is 0 Å². The SMILES string of the molecule is CSSC(CCC(NC(=O)OCC1c2ccccc2-c2ccccc21)C(=O)O)CNC(=O)OC(C)(C)C. The Balaban J connectivity index is 1.53. The smallest absolute Gasteiger partial charge is 0.407 e. The molecule has 2 aromatic carbocycles. The van der Waals surface area contributed by atoms with Crippen LogP contribution in [0.1, 0.15) is 50.7 Å². The normalized spacial score (nSPS) is 14.2. The van der Waals surface area contributed by atoms with E-state index in [0.29, 0.717) is 13.0 Å². The molecule has 2 aromatic rings. The van der Waals surface area contributed by atoms with Crippen molar-refractivity contribution in [2.45, 2.75) is 56.4 Å². The van der Waals surface area contributed by atoms with Crippen LogP contribution in [-0.4, -0.2) is 59.6 Å². The molecule has 0 saturated heterocycles. The highest BCUT2D eigenvalue weighted by molar-refractivity contribution is 8.76. The average molecular weight is 547 g/mol. The van der Waals surface area contributed by atoms with E-state index >= 15 is 0 Å². The number of amides is 2. The Morgan fingerprint density at radius 2 is 1.57 bits per heavy atom. The van der Waals surface area contributed by atoms with Gasteiger partial charge in [-0.2, -0.15) is 0 Å². The second-order valence-corrected chi connectivity index (χ2v) is 12.5. The van der Waals surface area contributed by atoms with Crippen molar-refractivity contribution < 1.29 is 29.0 Å². The summed E-state index contributed by atoms with van der Waals surface area (Å²) in [6, 6.07) is 14.9. The van der Waals surface area contributed by atoms with Crippen molar-refractivity contribution in [3.63, 3.8) is 0 Å². The quantitative estimate of drug-likeness (QED) is 0.309. The first-order valence-electron chi connectivity index (χ1n) is 12.1. The van der Waals surface area contributed by atoms with E-state index in [1.165, 1.54) is 21.6 Å². The molecule has 10 heteroatoms. The molecule has 0 fully saturated rings. The van der Waals surface area contributed by atoms with E-state index in [9.17, 15) is 19.5 Å². The molecule has 2 atom stereocenters. The van der Waals surface area contributed by atoms with Crippen molar-refractivity contribution in [3.8, 4) is 11.1 Å². The Kier molecular flexibility index (Phi) is 10.2. The third kappa shape index (κ3) is 8.33. The molecule has 1 aliphatic carbocycles. The minimum Gasteiger partial charge on any atom is -0.480 e. The van der Waals surface area contributed by atoms with E-state index in [-0.39, 0.29) is 24.2 Å². The molecule has 0 bridgehead atoms. The summed E-state index contributed by atoms with van der Waals surface area (Å²) >= 11 is 0. The third-order valence-corrected chi connectivity index (χ3v) is 8.08. The molecule has 0 aromatic heterocycles. The molecule has 0 saturated carbocycles. The van der Waals surface area contributed by atoms with E-state index < -0.39 is 29.8 Å². The molecule has 200 valence electrons. The molecule has 1 aliphatic rings. The summed E-state index contributed by atoms with van der Waals surface area (Å²) in [5.41, 5.74) is 3.80. The van der Waals surface area contributed by atoms with Crippen molar-refractivity contribution in [1.82, 2.24) is 10.6 Å². The van der Waals surface area contributed by atoms with Gasteiger partial charge in [0.2, 0.25) is 0 Å². The van der Waals surface area contributed by atoms with Gasteiger partial charge < -0.3 is 25.2 Å². The number of rotatable bonds is 11. The van der Waals surface area contributed by atoms with Gasteiger partial charge in [0.25, 0.3) is 0 Å². The lowest BCUT2D eigenvalue weighted by Crippen LogP contribution is -2.42. The van der Waals surface area contributed by atoms with Crippen LogP contribution >= 0.6 is 21.6 Å². The highest BCUT2D eigenvalue weighted by atomic mass is 33.1. The summed E-state index contributed by atoms with van der Waals surface area (Å²) < 4.78 is 10.8. The number of ether oxygens (including phenoxy) is 2. The van der Waals surface area contributed by atoms with Gasteiger partial charge in [-0.05, 0) is 62.1 Å². The van der Waals surface area contributed by atoms with Crippen LogP contribution in [0.2, 0.25) is 0 Å². The Bertz CT molecular complexity index is 1060. The Morgan fingerprint density at radius 3 is 2.11 bits per heavy atom. The van der Waals surface area contributed by atoms with Crippen LogP contribution in [0.5, 0.6) is 0 Å². The maximum absolute atomic E-state index is 12.6. The minimum absolute atomic E-state index is 0.0614. The molecular weight excluding hydrogens is 512 g/mol. The van der Waals surface area contributed by atoms with Crippen molar-refractivity contribution in [3.05, 3.63) is 59.7 Å². The summed E-state index contributed by atoms with van der Waals surface area (Å²) in [5.74, 6) is -1.25. The number of nitrogens with one attached hydrogen (secondary N) is 2. The third-order valence-electron chi connectivity index (χ3n) is 5.82. The first-order valence-corrected chi connectivity index (χ1v) is 14.7. The summed E-state index contributed by atoms with van der Waals surface area (Å²) in [6.07, 6.45) is 1.27. The van der Waals surface area contributed by atoms with E-state index in [1.54, 1.807) is 20.8 Å². The fourth-order valence-corrected chi connectivity index (χ4v) is 6.19. The molecule has 0 aliphatic heterocycles. The van der Waals surface area contributed by atoms with Gasteiger partial charge >= 0.3 is 18.2 Å². The van der Waals surface area contributed by atoms with E-state index in [4.69, 9.17) is 9.47 Å². The largest absolute Gasteiger partial charge is 0.480 e. The summed E-state index contributed by atoms with van der Waals surface area (Å²) in [4.78, 5) is 36.4. The lowest BCUT2D eigenvalue weighted by atomic mass is 9.98. The summed E-state index contributed by atoms with van der Waals surface area (Å²) in [5, 5.41) is 14.8. The van der Waals surface area contributed by atoms with Crippen molar-refractivity contribution in [1.29, 1.82) is 0 Å². The fourth-order valence-electron chi connectivity index (χ4n) is 4.22. The molecule has 0 spiro atoms. The number of hydrogen-bond donors (Lipinski definition) is 3. The minimum atomic E-state index is -1.14. The second-order valence-electron chi connectivity index (χ2n) is 9.71. The number of alkyl carbamates (subject to hydrolysis) is 2. The second kappa shape index (κ2) is 13.1. The molecule has 2 unspecified atom stereocenters. The molecule has 0 radical (unpaired) electrons. The van der Waals surface area contributed by atoms with Gasteiger partial charge in [-0.25, -0.2) is 14.4 Å². The topological polar surface area (TPSA) is 114 Å². The van der Waals surface area contributed by atoms with Gasteiger partial charge in [0.1, 0.15) is 18.2 Å². The Morgan fingerprint density at radius 1 is 0.973 bits per heavy atom. The summed E-state index contributed by atoms with van der Waals surface area (Å²) in [7, 11) is 3.06. The number of fused-ring (bicyclic) bond motifs is 3. The molecular formula is C27H34N2O6S2. The van der Waals surface area contributed by atoms with Gasteiger partial charge in [-0.1, -0.05) is 70.1 Å². The zero-order valence-electron chi connectivity index (χ0n) is 21.5. The highest BCUT2D eigenvalue weighted by Gasteiger charge is 2.30. The number of hydrogen-bond acceptors (Lipinski definition) is 7. The fraction of sp³-hybridized carbons (Fsp3) is 0.444. The van der Waals surface area contributed by atoms with Crippen LogP contribution in [-0.2, 0) is 14.3 Å². The van der Waals surface area contributed by atoms with Gasteiger partial charge in [-0.15, -0.1) is 0 Å². The number of aliphatic carboxylic acids is 1. The predicted molar refractivity (Wildman–Crippen MR) is 148 cm³/mol. The number of benzene rings is 2. The van der Waals surface area contributed by atoms with Crippen LogP contribution in [0.25, 0.3) is 11.1 Å².